The van der Waals surface area contributed by atoms with Gasteiger partial charge in [0.25, 0.3) is 0 Å². The Hall–Kier alpha value is -1.42. The van der Waals surface area contributed by atoms with Gasteiger partial charge in [-0.05, 0) is 43.6 Å². The lowest BCUT2D eigenvalue weighted by molar-refractivity contribution is -0.0505. The summed E-state index contributed by atoms with van der Waals surface area (Å²) in [5.74, 6) is 2.35. The van der Waals surface area contributed by atoms with Crippen molar-refractivity contribution in [2.24, 2.45) is 17.8 Å². The lowest BCUT2D eigenvalue weighted by Gasteiger charge is -2.26. The number of hydrogen-bond acceptors (Lipinski definition) is 2. The molecule has 1 saturated carbocycles. The van der Waals surface area contributed by atoms with Crippen molar-refractivity contribution in [3.63, 3.8) is 0 Å². The van der Waals surface area contributed by atoms with Crippen molar-refractivity contribution < 1.29 is 13.5 Å². The van der Waals surface area contributed by atoms with Gasteiger partial charge in [-0.15, -0.1) is 0 Å². The van der Waals surface area contributed by atoms with E-state index in [1.54, 1.807) is 12.1 Å². The minimum absolute atomic E-state index is 0.264. The normalized spacial score (nSPS) is 28.3. The SMILES string of the molecule is CC(NCc1ccccc1OC(F)F)C1CC2C=CC1C2. The summed E-state index contributed by atoms with van der Waals surface area (Å²) in [5, 5.41) is 3.48. The average molecular weight is 293 g/mol. The summed E-state index contributed by atoms with van der Waals surface area (Å²) in [6.45, 7) is -0.0310. The molecule has 3 rings (SSSR count). The Bertz CT molecular complexity index is 517. The molecule has 0 heterocycles. The molecule has 0 amide bonds. The fourth-order valence-corrected chi connectivity index (χ4v) is 3.68. The van der Waals surface area contributed by atoms with Crippen LogP contribution in [0, 0.1) is 17.8 Å². The van der Waals surface area contributed by atoms with Crippen LogP contribution < -0.4 is 10.1 Å². The second-order valence-electron chi connectivity index (χ2n) is 6.10. The Morgan fingerprint density at radius 3 is 2.71 bits per heavy atom. The van der Waals surface area contributed by atoms with E-state index in [0.717, 1.165) is 11.5 Å². The third-order valence-electron chi connectivity index (χ3n) is 4.78. The van der Waals surface area contributed by atoms with E-state index >= 15 is 0 Å². The van der Waals surface area contributed by atoms with Crippen molar-refractivity contribution in [1.82, 2.24) is 5.32 Å². The fraction of sp³-hybridized carbons (Fsp3) is 0.529. The molecule has 4 unspecified atom stereocenters. The fourth-order valence-electron chi connectivity index (χ4n) is 3.68. The first kappa shape index (κ1) is 14.5. The van der Waals surface area contributed by atoms with Crippen molar-refractivity contribution in [2.45, 2.75) is 39.0 Å². The molecule has 0 aliphatic heterocycles. The molecule has 0 spiro atoms. The van der Waals surface area contributed by atoms with Gasteiger partial charge >= 0.3 is 6.61 Å². The number of rotatable bonds is 6. The van der Waals surface area contributed by atoms with E-state index in [1.807, 2.05) is 12.1 Å². The molecule has 1 aromatic rings. The van der Waals surface area contributed by atoms with Gasteiger partial charge in [-0.3, -0.25) is 0 Å². The summed E-state index contributed by atoms with van der Waals surface area (Å²) in [7, 11) is 0. The van der Waals surface area contributed by atoms with E-state index in [0.29, 0.717) is 24.4 Å². The zero-order chi connectivity index (χ0) is 14.8. The highest BCUT2D eigenvalue weighted by atomic mass is 19.3. The van der Waals surface area contributed by atoms with E-state index in [4.69, 9.17) is 0 Å². The standard InChI is InChI=1S/C17H21F2NO/c1-11(15-9-12-6-7-13(15)8-12)20-10-14-4-2-3-5-16(14)21-17(18)19/h2-7,11-13,15,17,20H,8-10H2,1H3. The van der Waals surface area contributed by atoms with E-state index in [-0.39, 0.29) is 5.75 Å². The molecule has 0 radical (unpaired) electrons. The number of nitrogens with one attached hydrogen (secondary N) is 1. The van der Waals surface area contributed by atoms with Gasteiger partial charge in [-0.25, -0.2) is 0 Å². The van der Waals surface area contributed by atoms with Crippen molar-refractivity contribution in [3.8, 4) is 5.75 Å². The van der Waals surface area contributed by atoms with Gasteiger partial charge in [-0.2, -0.15) is 8.78 Å². The number of ether oxygens (including phenoxy) is 1. The molecular formula is C17H21F2NO. The summed E-state index contributed by atoms with van der Waals surface area (Å²) < 4.78 is 29.4. The van der Waals surface area contributed by atoms with Crippen molar-refractivity contribution in [2.75, 3.05) is 0 Å². The molecule has 1 N–H and O–H groups in total. The maximum Gasteiger partial charge on any atom is 0.387 e. The number of halogens is 2. The van der Waals surface area contributed by atoms with Crippen LogP contribution in [-0.2, 0) is 6.54 Å². The first-order valence-corrected chi connectivity index (χ1v) is 7.58. The molecule has 2 aliphatic rings. The van der Waals surface area contributed by atoms with Crippen LogP contribution in [0.15, 0.2) is 36.4 Å². The average Bonchev–Trinajstić information content (AvgIpc) is 3.08. The minimum atomic E-state index is -2.78. The van der Waals surface area contributed by atoms with E-state index in [9.17, 15) is 8.78 Å². The molecule has 4 atom stereocenters. The quantitative estimate of drug-likeness (QED) is 0.801. The van der Waals surface area contributed by atoms with Crippen LogP contribution in [0.1, 0.15) is 25.3 Å². The Kier molecular flexibility index (Phi) is 4.24. The number of para-hydroxylation sites is 1. The molecule has 1 aromatic carbocycles. The van der Waals surface area contributed by atoms with Gasteiger partial charge in [-0.1, -0.05) is 30.4 Å². The van der Waals surface area contributed by atoms with Crippen LogP contribution >= 0.6 is 0 Å². The molecule has 114 valence electrons. The number of fused-ring (bicyclic) bond motifs is 2. The number of allylic oxidation sites excluding steroid dienone is 2. The Labute approximate surface area is 124 Å². The molecule has 4 heteroatoms. The molecule has 0 saturated heterocycles. The molecule has 2 bridgehead atoms. The topological polar surface area (TPSA) is 21.3 Å². The number of benzene rings is 1. The molecule has 2 nitrogen and oxygen atoms in total. The van der Waals surface area contributed by atoms with Crippen LogP contribution in [0.25, 0.3) is 0 Å². The highest BCUT2D eigenvalue weighted by Gasteiger charge is 2.38. The lowest BCUT2D eigenvalue weighted by atomic mass is 9.87. The largest absolute Gasteiger partial charge is 0.434 e. The Morgan fingerprint density at radius 1 is 1.24 bits per heavy atom. The monoisotopic (exact) mass is 293 g/mol. The van der Waals surface area contributed by atoms with Gasteiger partial charge < -0.3 is 10.1 Å². The highest BCUT2D eigenvalue weighted by Crippen LogP contribution is 2.44. The summed E-state index contributed by atoms with van der Waals surface area (Å²) in [6.07, 6.45) is 7.19. The van der Waals surface area contributed by atoms with Crippen molar-refractivity contribution in [1.29, 1.82) is 0 Å². The third-order valence-corrected chi connectivity index (χ3v) is 4.78. The number of alkyl halides is 2. The van der Waals surface area contributed by atoms with Gasteiger partial charge in [0.05, 0.1) is 0 Å². The summed E-state index contributed by atoms with van der Waals surface area (Å²) in [6, 6.07) is 7.36. The van der Waals surface area contributed by atoms with Gasteiger partial charge in [0.2, 0.25) is 0 Å². The summed E-state index contributed by atoms with van der Waals surface area (Å²) in [5.41, 5.74) is 0.781. The van der Waals surface area contributed by atoms with Crippen LogP contribution in [0.2, 0.25) is 0 Å². The Balaban J connectivity index is 1.59. The van der Waals surface area contributed by atoms with E-state index in [1.165, 1.54) is 12.8 Å². The molecule has 2 aliphatic carbocycles. The Morgan fingerprint density at radius 2 is 2.05 bits per heavy atom. The molecule has 21 heavy (non-hydrogen) atoms. The van der Waals surface area contributed by atoms with E-state index < -0.39 is 6.61 Å². The van der Waals surface area contributed by atoms with Gasteiger partial charge in [0.15, 0.2) is 0 Å². The zero-order valence-electron chi connectivity index (χ0n) is 12.1. The first-order valence-electron chi connectivity index (χ1n) is 7.58. The van der Waals surface area contributed by atoms with Crippen LogP contribution in [0.4, 0.5) is 8.78 Å². The second kappa shape index (κ2) is 6.14. The van der Waals surface area contributed by atoms with Crippen LogP contribution in [0.5, 0.6) is 5.75 Å². The first-order chi connectivity index (χ1) is 10.1. The zero-order valence-corrected chi connectivity index (χ0v) is 12.1. The molecular weight excluding hydrogens is 272 g/mol. The summed E-state index contributed by atoms with van der Waals surface area (Å²) in [4.78, 5) is 0. The molecule has 0 aromatic heterocycles. The van der Waals surface area contributed by atoms with E-state index in [2.05, 4.69) is 29.1 Å². The second-order valence-corrected chi connectivity index (χ2v) is 6.10. The predicted molar refractivity (Wildman–Crippen MR) is 78.2 cm³/mol. The van der Waals surface area contributed by atoms with Crippen LogP contribution in [-0.4, -0.2) is 12.7 Å². The highest BCUT2D eigenvalue weighted by molar-refractivity contribution is 5.33. The van der Waals surface area contributed by atoms with Gasteiger partial charge in [0.1, 0.15) is 5.75 Å². The number of hydrogen-bond donors (Lipinski definition) is 1. The van der Waals surface area contributed by atoms with Crippen molar-refractivity contribution >= 4 is 0 Å². The van der Waals surface area contributed by atoms with Gasteiger partial charge in [0, 0.05) is 18.2 Å². The summed E-state index contributed by atoms with van der Waals surface area (Å²) >= 11 is 0. The minimum Gasteiger partial charge on any atom is -0.434 e. The molecule has 1 fully saturated rings. The smallest absolute Gasteiger partial charge is 0.387 e. The third kappa shape index (κ3) is 3.26. The van der Waals surface area contributed by atoms with Crippen LogP contribution in [0.3, 0.4) is 0 Å². The maximum absolute atomic E-state index is 12.4. The predicted octanol–water partition coefficient (Wildman–Crippen LogP) is 3.98. The van der Waals surface area contributed by atoms with Crippen molar-refractivity contribution in [3.05, 3.63) is 42.0 Å². The lowest BCUT2D eigenvalue weighted by Crippen LogP contribution is -2.35. The maximum atomic E-state index is 12.4.